The molecule has 3 amide bonds. The Balaban J connectivity index is 1.48. The summed E-state index contributed by atoms with van der Waals surface area (Å²) in [5, 5.41) is 3.07. The number of carbonyl (C=O) groups excluding carboxylic acids is 3. The summed E-state index contributed by atoms with van der Waals surface area (Å²) in [5.74, 6) is -1.09. The zero-order valence-electron chi connectivity index (χ0n) is 12.2. The Morgan fingerprint density at radius 1 is 1.13 bits per heavy atom. The average Bonchev–Trinajstić information content (AvgIpc) is 3.19. The molecule has 118 valence electrons. The topological polar surface area (TPSA) is 66.5 Å². The van der Waals surface area contributed by atoms with Gasteiger partial charge in [0.15, 0.2) is 0 Å². The largest absolute Gasteiger partial charge is 0.323 e. The van der Waals surface area contributed by atoms with Crippen LogP contribution < -0.4 is 5.32 Å². The lowest BCUT2D eigenvalue weighted by Gasteiger charge is -2.17. The molecular formula is C17H15ClN2O3. The van der Waals surface area contributed by atoms with Crippen molar-refractivity contribution in [3.8, 4) is 0 Å². The highest BCUT2D eigenvalue weighted by atomic mass is 35.5. The SMILES string of the molecule is O=C(CN1C(=O)[C@@H]2[C@@H](C1=O)[C@H]1C=C[C@H]2C1)Nc1ccccc1Cl. The van der Waals surface area contributed by atoms with Crippen molar-refractivity contribution < 1.29 is 14.4 Å². The van der Waals surface area contributed by atoms with Crippen LogP contribution in [-0.2, 0) is 14.4 Å². The number of halogens is 1. The third kappa shape index (κ3) is 2.18. The Morgan fingerprint density at radius 2 is 1.74 bits per heavy atom. The summed E-state index contributed by atoms with van der Waals surface area (Å²) in [4.78, 5) is 38.3. The van der Waals surface area contributed by atoms with Crippen LogP contribution in [0.2, 0.25) is 5.02 Å². The molecule has 1 aromatic rings. The van der Waals surface area contributed by atoms with Gasteiger partial charge in [-0.2, -0.15) is 0 Å². The number of benzene rings is 1. The van der Waals surface area contributed by atoms with Gasteiger partial charge < -0.3 is 5.32 Å². The molecule has 1 N–H and O–H groups in total. The number of rotatable bonds is 3. The summed E-state index contributed by atoms with van der Waals surface area (Å²) < 4.78 is 0. The van der Waals surface area contributed by atoms with Crippen LogP contribution in [-0.4, -0.2) is 29.2 Å². The number of nitrogens with zero attached hydrogens (tertiary/aromatic N) is 1. The van der Waals surface area contributed by atoms with E-state index < -0.39 is 5.91 Å². The first-order valence-electron chi connectivity index (χ1n) is 7.64. The van der Waals surface area contributed by atoms with Crippen LogP contribution in [0.4, 0.5) is 5.69 Å². The van der Waals surface area contributed by atoms with E-state index in [1.165, 1.54) is 0 Å². The smallest absolute Gasteiger partial charge is 0.244 e. The number of fused-ring (bicyclic) bond motifs is 5. The molecule has 0 spiro atoms. The van der Waals surface area contributed by atoms with Gasteiger partial charge >= 0.3 is 0 Å². The monoisotopic (exact) mass is 330 g/mol. The molecule has 4 rings (SSSR count). The van der Waals surface area contributed by atoms with E-state index in [1.807, 2.05) is 12.2 Å². The molecule has 2 aliphatic carbocycles. The van der Waals surface area contributed by atoms with Crippen LogP contribution in [0, 0.1) is 23.7 Å². The van der Waals surface area contributed by atoms with Crippen molar-refractivity contribution in [1.82, 2.24) is 4.90 Å². The normalized spacial score (nSPS) is 30.9. The summed E-state index contributed by atoms with van der Waals surface area (Å²) in [6, 6.07) is 6.85. The molecule has 23 heavy (non-hydrogen) atoms. The van der Waals surface area contributed by atoms with Crippen LogP contribution in [0.5, 0.6) is 0 Å². The lowest BCUT2D eigenvalue weighted by molar-refractivity contribution is -0.143. The highest BCUT2D eigenvalue weighted by Gasteiger charge is 2.59. The number of allylic oxidation sites excluding steroid dienone is 2. The second-order valence-electron chi connectivity index (χ2n) is 6.29. The predicted molar refractivity (Wildman–Crippen MR) is 84.5 cm³/mol. The number of para-hydroxylation sites is 1. The maximum absolute atomic E-state index is 12.5. The van der Waals surface area contributed by atoms with Crippen molar-refractivity contribution in [2.45, 2.75) is 6.42 Å². The summed E-state index contributed by atoms with van der Waals surface area (Å²) in [7, 11) is 0. The molecule has 2 fully saturated rings. The van der Waals surface area contributed by atoms with Gasteiger partial charge in [0.2, 0.25) is 17.7 Å². The van der Waals surface area contributed by atoms with E-state index >= 15 is 0 Å². The van der Waals surface area contributed by atoms with Crippen LogP contribution in [0.15, 0.2) is 36.4 Å². The van der Waals surface area contributed by atoms with Crippen molar-refractivity contribution in [3.63, 3.8) is 0 Å². The average molecular weight is 331 g/mol. The number of carbonyl (C=O) groups is 3. The number of hydrogen-bond donors (Lipinski definition) is 1. The highest BCUT2D eigenvalue weighted by Crippen LogP contribution is 2.52. The molecule has 4 atom stereocenters. The fraction of sp³-hybridized carbons (Fsp3) is 0.353. The Labute approximate surface area is 138 Å². The van der Waals surface area contributed by atoms with Crippen molar-refractivity contribution in [3.05, 3.63) is 41.4 Å². The molecule has 0 aromatic heterocycles. The molecular weight excluding hydrogens is 316 g/mol. The summed E-state index contributed by atoms with van der Waals surface area (Å²) in [6.07, 6.45) is 4.95. The van der Waals surface area contributed by atoms with E-state index in [0.717, 1.165) is 11.3 Å². The van der Waals surface area contributed by atoms with Gasteiger partial charge in [0, 0.05) is 0 Å². The molecule has 5 nitrogen and oxygen atoms in total. The summed E-state index contributed by atoms with van der Waals surface area (Å²) in [6.45, 7) is -0.255. The third-order valence-electron chi connectivity index (χ3n) is 5.01. The second kappa shape index (κ2) is 5.20. The van der Waals surface area contributed by atoms with E-state index in [0.29, 0.717) is 10.7 Å². The Hall–Kier alpha value is -2.14. The van der Waals surface area contributed by atoms with Crippen molar-refractivity contribution >= 4 is 35.0 Å². The van der Waals surface area contributed by atoms with E-state index in [-0.39, 0.29) is 42.0 Å². The lowest BCUT2D eigenvalue weighted by Crippen LogP contribution is -2.39. The molecule has 1 saturated heterocycles. The van der Waals surface area contributed by atoms with E-state index in [9.17, 15) is 14.4 Å². The minimum atomic E-state index is -0.417. The zero-order chi connectivity index (χ0) is 16.1. The molecule has 1 saturated carbocycles. The molecule has 2 bridgehead atoms. The molecule has 6 heteroatoms. The van der Waals surface area contributed by atoms with E-state index in [2.05, 4.69) is 5.32 Å². The number of hydrogen-bond acceptors (Lipinski definition) is 3. The number of amides is 3. The molecule has 1 aromatic carbocycles. The lowest BCUT2D eigenvalue weighted by atomic mass is 9.85. The molecule has 0 radical (unpaired) electrons. The van der Waals surface area contributed by atoms with Gasteiger partial charge in [-0.1, -0.05) is 35.9 Å². The van der Waals surface area contributed by atoms with Crippen molar-refractivity contribution in [1.29, 1.82) is 0 Å². The van der Waals surface area contributed by atoms with Gasteiger partial charge in [-0.05, 0) is 30.4 Å². The number of likely N-dealkylation sites (tertiary alicyclic amines) is 1. The van der Waals surface area contributed by atoms with E-state index in [1.54, 1.807) is 24.3 Å². The van der Waals surface area contributed by atoms with Crippen molar-refractivity contribution in [2.75, 3.05) is 11.9 Å². The molecule has 1 heterocycles. The predicted octanol–water partition coefficient (Wildman–Crippen LogP) is 2.09. The fourth-order valence-corrected chi connectivity index (χ4v) is 4.20. The molecule has 0 unspecified atom stereocenters. The minimum Gasteiger partial charge on any atom is -0.323 e. The van der Waals surface area contributed by atoms with Gasteiger partial charge in [0.25, 0.3) is 0 Å². The van der Waals surface area contributed by atoms with Crippen LogP contribution in [0.3, 0.4) is 0 Å². The van der Waals surface area contributed by atoms with Crippen LogP contribution in [0.25, 0.3) is 0 Å². The zero-order valence-corrected chi connectivity index (χ0v) is 13.0. The summed E-state index contributed by atoms with van der Waals surface area (Å²) >= 11 is 6.00. The maximum Gasteiger partial charge on any atom is 0.244 e. The minimum absolute atomic E-state index is 0.151. The highest BCUT2D eigenvalue weighted by molar-refractivity contribution is 6.33. The van der Waals surface area contributed by atoms with Gasteiger partial charge in [-0.15, -0.1) is 0 Å². The maximum atomic E-state index is 12.5. The van der Waals surface area contributed by atoms with Gasteiger partial charge in [-0.3, -0.25) is 19.3 Å². The Bertz CT molecular complexity index is 715. The first-order chi connectivity index (χ1) is 11.1. The van der Waals surface area contributed by atoms with Gasteiger partial charge in [0.1, 0.15) is 6.54 Å². The second-order valence-corrected chi connectivity index (χ2v) is 6.70. The van der Waals surface area contributed by atoms with Crippen molar-refractivity contribution in [2.24, 2.45) is 23.7 Å². The number of anilines is 1. The fourth-order valence-electron chi connectivity index (χ4n) is 4.02. The first-order valence-corrected chi connectivity index (χ1v) is 8.02. The first kappa shape index (κ1) is 14.5. The third-order valence-corrected chi connectivity index (χ3v) is 5.34. The Kier molecular flexibility index (Phi) is 3.27. The number of nitrogens with one attached hydrogen (secondary N) is 1. The molecule has 1 aliphatic heterocycles. The van der Waals surface area contributed by atoms with Crippen LogP contribution >= 0.6 is 11.6 Å². The quantitative estimate of drug-likeness (QED) is 0.681. The van der Waals surface area contributed by atoms with Crippen LogP contribution in [0.1, 0.15) is 6.42 Å². The van der Waals surface area contributed by atoms with Gasteiger partial charge in [-0.25, -0.2) is 0 Å². The molecule has 3 aliphatic rings. The Morgan fingerprint density at radius 3 is 2.35 bits per heavy atom. The summed E-state index contributed by atoms with van der Waals surface area (Å²) in [5.41, 5.74) is 0.472. The number of imide groups is 1. The van der Waals surface area contributed by atoms with Gasteiger partial charge in [0.05, 0.1) is 22.5 Å². The standard InChI is InChI=1S/C17H15ClN2O3/c18-11-3-1-2-4-12(11)19-13(21)8-20-16(22)14-9-5-6-10(7-9)15(14)17(20)23/h1-6,9-10,14-15H,7-8H2,(H,19,21)/t9-,10-,14-,15-/m0/s1. The van der Waals surface area contributed by atoms with E-state index in [4.69, 9.17) is 11.6 Å².